The maximum absolute atomic E-state index is 11.1. The lowest BCUT2D eigenvalue weighted by molar-refractivity contribution is 0.600. The highest BCUT2D eigenvalue weighted by molar-refractivity contribution is 7.89. The second-order valence-corrected chi connectivity index (χ2v) is 5.85. The Hall–Kier alpha value is -1.62. The molecule has 0 bridgehead atoms. The van der Waals surface area contributed by atoms with Gasteiger partial charge in [0, 0.05) is 11.8 Å². The standard InChI is InChI=1S/C11H12N2O2S/c1-16(14,15)8-10-7-11(13-12-10)9-5-3-2-4-6-9/h2-7H,8H2,1H3,(H,12,13). The van der Waals surface area contributed by atoms with E-state index in [9.17, 15) is 8.42 Å². The van der Waals surface area contributed by atoms with Crippen LogP contribution in [0.2, 0.25) is 0 Å². The lowest BCUT2D eigenvalue weighted by atomic mass is 10.1. The highest BCUT2D eigenvalue weighted by Gasteiger charge is 2.08. The van der Waals surface area contributed by atoms with E-state index in [0.29, 0.717) is 5.69 Å². The monoisotopic (exact) mass is 236 g/mol. The molecule has 0 atom stereocenters. The molecule has 0 aliphatic heterocycles. The molecule has 0 aliphatic carbocycles. The molecular weight excluding hydrogens is 224 g/mol. The van der Waals surface area contributed by atoms with Gasteiger partial charge in [-0.2, -0.15) is 5.10 Å². The Labute approximate surface area is 94.2 Å². The number of benzene rings is 1. The summed E-state index contributed by atoms with van der Waals surface area (Å²) in [5.74, 6) is -0.00711. The minimum absolute atomic E-state index is 0.00711. The van der Waals surface area contributed by atoms with Crippen molar-refractivity contribution in [1.82, 2.24) is 10.2 Å². The van der Waals surface area contributed by atoms with Gasteiger partial charge in [0.15, 0.2) is 9.84 Å². The molecule has 16 heavy (non-hydrogen) atoms. The predicted molar refractivity (Wildman–Crippen MR) is 62.6 cm³/mol. The molecule has 4 nitrogen and oxygen atoms in total. The van der Waals surface area contributed by atoms with Gasteiger partial charge in [-0.05, 0) is 6.07 Å². The van der Waals surface area contributed by atoms with Crippen LogP contribution in [-0.2, 0) is 15.6 Å². The first kappa shape index (κ1) is 10.9. The van der Waals surface area contributed by atoms with Gasteiger partial charge in [-0.25, -0.2) is 8.42 Å². The molecule has 0 fully saturated rings. The molecule has 1 N–H and O–H groups in total. The molecule has 84 valence electrons. The maximum atomic E-state index is 11.1. The Kier molecular flexibility index (Phi) is 2.78. The van der Waals surface area contributed by atoms with E-state index in [1.54, 1.807) is 6.07 Å². The third-order valence-electron chi connectivity index (χ3n) is 2.12. The van der Waals surface area contributed by atoms with Crippen molar-refractivity contribution < 1.29 is 8.42 Å². The quantitative estimate of drug-likeness (QED) is 0.880. The maximum Gasteiger partial charge on any atom is 0.153 e. The van der Waals surface area contributed by atoms with E-state index in [0.717, 1.165) is 11.3 Å². The fourth-order valence-corrected chi connectivity index (χ4v) is 2.19. The second-order valence-electron chi connectivity index (χ2n) is 3.71. The Bertz CT molecular complexity index is 573. The van der Waals surface area contributed by atoms with Crippen molar-refractivity contribution in [2.45, 2.75) is 5.75 Å². The molecule has 0 saturated heterocycles. The van der Waals surface area contributed by atoms with Gasteiger partial charge in [0.1, 0.15) is 0 Å². The molecular formula is C11H12N2O2S. The first-order valence-electron chi connectivity index (χ1n) is 4.82. The molecule has 0 saturated carbocycles. The Morgan fingerprint density at radius 2 is 1.94 bits per heavy atom. The molecule has 2 aromatic rings. The molecule has 0 aliphatic rings. The van der Waals surface area contributed by atoms with Crippen LogP contribution in [-0.4, -0.2) is 24.9 Å². The number of aromatic amines is 1. The number of sulfone groups is 1. The summed E-state index contributed by atoms with van der Waals surface area (Å²) < 4.78 is 22.2. The number of hydrogen-bond acceptors (Lipinski definition) is 3. The number of aromatic nitrogens is 2. The Morgan fingerprint density at radius 1 is 1.25 bits per heavy atom. The SMILES string of the molecule is CS(=O)(=O)Cc1cc(-c2ccccc2)n[nH]1. The molecule has 0 spiro atoms. The zero-order chi connectivity index (χ0) is 11.6. The highest BCUT2D eigenvalue weighted by Crippen LogP contribution is 2.17. The fourth-order valence-electron chi connectivity index (χ4n) is 1.47. The first-order chi connectivity index (χ1) is 7.54. The number of H-pyrrole nitrogens is 1. The van der Waals surface area contributed by atoms with Crippen molar-refractivity contribution >= 4 is 9.84 Å². The van der Waals surface area contributed by atoms with Gasteiger partial charge in [-0.15, -0.1) is 0 Å². The number of rotatable bonds is 3. The van der Waals surface area contributed by atoms with Gasteiger partial charge in [-0.3, -0.25) is 5.10 Å². The first-order valence-corrected chi connectivity index (χ1v) is 6.88. The summed E-state index contributed by atoms with van der Waals surface area (Å²) in [6, 6.07) is 11.4. The minimum Gasteiger partial charge on any atom is -0.281 e. The van der Waals surface area contributed by atoms with Crippen molar-refractivity contribution in [3.05, 3.63) is 42.1 Å². The van der Waals surface area contributed by atoms with Crippen molar-refractivity contribution in [3.63, 3.8) is 0 Å². The number of hydrogen-bond donors (Lipinski definition) is 1. The van der Waals surface area contributed by atoms with E-state index < -0.39 is 9.84 Å². The smallest absolute Gasteiger partial charge is 0.153 e. The average Bonchev–Trinajstić information content (AvgIpc) is 2.65. The van der Waals surface area contributed by atoms with E-state index in [1.165, 1.54) is 6.26 Å². The topological polar surface area (TPSA) is 62.8 Å². The van der Waals surface area contributed by atoms with Crippen LogP contribution in [0.25, 0.3) is 11.3 Å². The van der Waals surface area contributed by atoms with Crippen molar-refractivity contribution in [3.8, 4) is 11.3 Å². The molecule has 1 heterocycles. The molecule has 0 unspecified atom stereocenters. The van der Waals surface area contributed by atoms with Crippen molar-refractivity contribution in [2.75, 3.05) is 6.26 Å². The van der Waals surface area contributed by atoms with Crippen LogP contribution in [0, 0.1) is 0 Å². The summed E-state index contributed by atoms with van der Waals surface area (Å²) in [5, 5.41) is 6.81. The van der Waals surface area contributed by atoms with E-state index in [4.69, 9.17) is 0 Å². The van der Waals surface area contributed by atoms with Gasteiger partial charge in [0.05, 0.1) is 17.1 Å². The Morgan fingerprint density at radius 3 is 2.56 bits per heavy atom. The average molecular weight is 236 g/mol. The van der Waals surface area contributed by atoms with Crippen LogP contribution in [0.5, 0.6) is 0 Å². The fraction of sp³-hybridized carbons (Fsp3) is 0.182. The van der Waals surface area contributed by atoms with Crippen LogP contribution in [0.4, 0.5) is 0 Å². The van der Waals surface area contributed by atoms with Gasteiger partial charge in [0.2, 0.25) is 0 Å². The third-order valence-corrected chi connectivity index (χ3v) is 2.95. The van der Waals surface area contributed by atoms with Crippen LogP contribution in [0.1, 0.15) is 5.69 Å². The second kappa shape index (κ2) is 4.09. The van der Waals surface area contributed by atoms with Crippen LogP contribution >= 0.6 is 0 Å². The highest BCUT2D eigenvalue weighted by atomic mass is 32.2. The van der Waals surface area contributed by atoms with Crippen molar-refractivity contribution in [1.29, 1.82) is 0 Å². The molecule has 1 aromatic heterocycles. The third kappa shape index (κ3) is 2.70. The predicted octanol–water partition coefficient (Wildman–Crippen LogP) is 1.62. The summed E-state index contributed by atoms with van der Waals surface area (Å²) in [7, 11) is -3.02. The zero-order valence-corrected chi connectivity index (χ0v) is 9.66. The lowest BCUT2D eigenvalue weighted by Crippen LogP contribution is -2.00. The largest absolute Gasteiger partial charge is 0.281 e. The van der Waals surface area contributed by atoms with Gasteiger partial charge < -0.3 is 0 Å². The van der Waals surface area contributed by atoms with E-state index in [2.05, 4.69) is 10.2 Å². The van der Waals surface area contributed by atoms with E-state index in [-0.39, 0.29) is 5.75 Å². The summed E-state index contributed by atoms with van der Waals surface area (Å²) in [4.78, 5) is 0. The molecule has 0 radical (unpaired) electrons. The van der Waals surface area contributed by atoms with Gasteiger partial charge in [0.25, 0.3) is 0 Å². The lowest BCUT2D eigenvalue weighted by Gasteiger charge is -1.93. The molecule has 0 amide bonds. The van der Waals surface area contributed by atoms with Crippen LogP contribution < -0.4 is 0 Å². The van der Waals surface area contributed by atoms with E-state index >= 15 is 0 Å². The number of nitrogens with one attached hydrogen (secondary N) is 1. The van der Waals surface area contributed by atoms with Crippen LogP contribution in [0.15, 0.2) is 36.4 Å². The van der Waals surface area contributed by atoms with E-state index in [1.807, 2.05) is 30.3 Å². The zero-order valence-electron chi connectivity index (χ0n) is 8.84. The minimum atomic E-state index is -3.02. The van der Waals surface area contributed by atoms with Gasteiger partial charge >= 0.3 is 0 Å². The molecule has 2 rings (SSSR count). The summed E-state index contributed by atoms with van der Waals surface area (Å²) in [5.41, 5.74) is 2.35. The summed E-state index contributed by atoms with van der Waals surface area (Å²) in [6.07, 6.45) is 1.20. The number of nitrogens with zero attached hydrogens (tertiary/aromatic N) is 1. The summed E-state index contributed by atoms with van der Waals surface area (Å²) in [6.45, 7) is 0. The van der Waals surface area contributed by atoms with Crippen molar-refractivity contribution in [2.24, 2.45) is 0 Å². The Balaban J connectivity index is 2.27. The summed E-state index contributed by atoms with van der Waals surface area (Å²) >= 11 is 0. The van der Waals surface area contributed by atoms with Gasteiger partial charge in [-0.1, -0.05) is 30.3 Å². The molecule has 1 aromatic carbocycles. The molecule has 5 heteroatoms. The normalized spacial score (nSPS) is 11.6. The van der Waals surface area contributed by atoms with Crippen LogP contribution in [0.3, 0.4) is 0 Å².